The number of guanidine groups is 1. The van der Waals surface area contributed by atoms with E-state index in [0.29, 0.717) is 13.1 Å². The molecule has 148 valence electrons. The van der Waals surface area contributed by atoms with Crippen LogP contribution in [-0.2, 0) is 13.0 Å². The number of halogens is 2. The fourth-order valence-electron chi connectivity index (χ4n) is 2.46. The smallest absolute Gasteiger partial charge is 0.191 e. The molecule has 0 saturated heterocycles. The van der Waals surface area contributed by atoms with Gasteiger partial charge in [-0.15, -0.1) is 24.0 Å². The second-order valence-corrected chi connectivity index (χ2v) is 5.68. The van der Waals surface area contributed by atoms with Crippen LogP contribution in [-0.4, -0.2) is 33.3 Å². The van der Waals surface area contributed by atoms with Gasteiger partial charge in [-0.2, -0.15) is 0 Å². The first kappa shape index (κ1) is 23.0. The van der Waals surface area contributed by atoms with E-state index in [-0.39, 0.29) is 29.8 Å². The summed E-state index contributed by atoms with van der Waals surface area (Å²) in [5.41, 5.74) is 2.05. The number of aliphatic imine (C=N–C) groups is 1. The average molecular weight is 487 g/mol. The van der Waals surface area contributed by atoms with Crippen molar-refractivity contribution >= 4 is 29.9 Å². The van der Waals surface area contributed by atoms with Crippen LogP contribution in [0.3, 0.4) is 0 Å². The Morgan fingerprint density at radius 2 is 1.78 bits per heavy atom. The van der Waals surface area contributed by atoms with E-state index in [1.165, 1.54) is 12.1 Å². The zero-order chi connectivity index (χ0) is 18.8. The first-order valence-corrected chi connectivity index (χ1v) is 8.63. The molecule has 0 amide bonds. The normalized spacial score (nSPS) is 10.7. The molecule has 5 nitrogen and oxygen atoms in total. The van der Waals surface area contributed by atoms with Gasteiger partial charge in [0.25, 0.3) is 0 Å². The Hall–Kier alpha value is -2.03. The lowest BCUT2D eigenvalue weighted by molar-refractivity contribution is 0.391. The molecule has 0 spiro atoms. The Morgan fingerprint density at radius 3 is 2.41 bits per heavy atom. The molecule has 2 aromatic carbocycles. The van der Waals surface area contributed by atoms with Gasteiger partial charge in [0.1, 0.15) is 17.3 Å². The standard InChI is InChI=1S/C20H26FN3O2.HI/c1-4-22-20(23-12-11-15-5-8-17(21)9-6-15)24-14-16-7-10-18(25-2)13-19(16)26-3;/h5-10,13H,4,11-12,14H2,1-3H3,(H2,22,23,24);1H. The molecule has 0 aliphatic heterocycles. The maximum atomic E-state index is 12.9. The largest absolute Gasteiger partial charge is 0.497 e. The summed E-state index contributed by atoms with van der Waals surface area (Å²) in [5, 5.41) is 6.52. The summed E-state index contributed by atoms with van der Waals surface area (Å²) in [5.74, 6) is 2.01. The Balaban J connectivity index is 0.00000364. The van der Waals surface area contributed by atoms with Crippen LogP contribution >= 0.6 is 24.0 Å². The van der Waals surface area contributed by atoms with Crippen LogP contribution in [0.25, 0.3) is 0 Å². The maximum Gasteiger partial charge on any atom is 0.191 e. The van der Waals surface area contributed by atoms with Crippen molar-refractivity contribution in [3.05, 3.63) is 59.4 Å². The van der Waals surface area contributed by atoms with Gasteiger partial charge >= 0.3 is 0 Å². The van der Waals surface area contributed by atoms with Crippen molar-refractivity contribution in [2.45, 2.75) is 19.9 Å². The summed E-state index contributed by atoms with van der Waals surface area (Å²) in [6.07, 6.45) is 0.788. The number of hydrogen-bond donors (Lipinski definition) is 2. The fourth-order valence-corrected chi connectivity index (χ4v) is 2.46. The van der Waals surface area contributed by atoms with Crippen LogP contribution in [0, 0.1) is 5.82 Å². The van der Waals surface area contributed by atoms with Gasteiger partial charge in [-0.3, -0.25) is 0 Å². The molecule has 2 rings (SSSR count). The third-order valence-electron chi connectivity index (χ3n) is 3.87. The van der Waals surface area contributed by atoms with Crippen LogP contribution in [0.4, 0.5) is 4.39 Å². The summed E-state index contributed by atoms with van der Waals surface area (Å²) >= 11 is 0. The van der Waals surface area contributed by atoms with Gasteiger partial charge in [-0.1, -0.05) is 12.1 Å². The molecule has 0 heterocycles. The molecule has 7 heteroatoms. The molecule has 0 bridgehead atoms. The highest BCUT2D eigenvalue weighted by molar-refractivity contribution is 14.0. The highest BCUT2D eigenvalue weighted by atomic mass is 127. The highest BCUT2D eigenvalue weighted by Crippen LogP contribution is 2.25. The molecule has 0 fully saturated rings. The van der Waals surface area contributed by atoms with Crippen molar-refractivity contribution in [1.82, 2.24) is 10.6 Å². The number of nitrogens with one attached hydrogen (secondary N) is 2. The molecule has 0 atom stereocenters. The van der Waals surface area contributed by atoms with E-state index in [9.17, 15) is 4.39 Å². The zero-order valence-corrected chi connectivity index (χ0v) is 18.3. The molecule has 2 aromatic rings. The molecular formula is C20H27FIN3O2. The second-order valence-electron chi connectivity index (χ2n) is 5.68. The molecule has 0 aromatic heterocycles. The summed E-state index contributed by atoms with van der Waals surface area (Å²) < 4.78 is 23.6. The predicted octanol–water partition coefficient (Wildman–Crippen LogP) is 3.76. The lowest BCUT2D eigenvalue weighted by Gasteiger charge is -2.13. The van der Waals surface area contributed by atoms with Crippen LogP contribution in [0.1, 0.15) is 18.1 Å². The SMILES string of the molecule is CCNC(=NCc1ccc(OC)cc1OC)NCCc1ccc(F)cc1.I. The number of ether oxygens (including phenoxy) is 2. The third-order valence-corrected chi connectivity index (χ3v) is 3.87. The minimum atomic E-state index is -0.218. The van der Waals surface area contributed by atoms with E-state index in [1.54, 1.807) is 26.4 Å². The molecule has 27 heavy (non-hydrogen) atoms. The molecule has 0 saturated carbocycles. The zero-order valence-electron chi connectivity index (χ0n) is 15.9. The van der Waals surface area contributed by atoms with Gasteiger partial charge in [0.2, 0.25) is 0 Å². The second kappa shape index (κ2) is 12.4. The van der Waals surface area contributed by atoms with E-state index < -0.39 is 0 Å². The maximum absolute atomic E-state index is 12.9. The van der Waals surface area contributed by atoms with E-state index in [4.69, 9.17) is 9.47 Å². The molecule has 0 unspecified atom stereocenters. The van der Waals surface area contributed by atoms with Crippen LogP contribution < -0.4 is 20.1 Å². The first-order valence-electron chi connectivity index (χ1n) is 8.63. The first-order chi connectivity index (χ1) is 12.7. The number of methoxy groups -OCH3 is 2. The van der Waals surface area contributed by atoms with E-state index in [2.05, 4.69) is 15.6 Å². The van der Waals surface area contributed by atoms with Gasteiger partial charge in [-0.05, 0) is 43.2 Å². The number of hydrogen-bond acceptors (Lipinski definition) is 3. The van der Waals surface area contributed by atoms with E-state index in [1.807, 2.05) is 25.1 Å². The van der Waals surface area contributed by atoms with Gasteiger partial charge in [0.15, 0.2) is 5.96 Å². The van der Waals surface area contributed by atoms with E-state index >= 15 is 0 Å². The minimum absolute atomic E-state index is 0. The van der Waals surface area contributed by atoms with Crippen molar-refractivity contribution in [1.29, 1.82) is 0 Å². The highest BCUT2D eigenvalue weighted by Gasteiger charge is 2.05. The Morgan fingerprint density at radius 1 is 1.04 bits per heavy atom. The molecule has 0 aliphatic carbocycles. The average Bonchev–Trinajstić information content (AvgIpc) is 2.67. The van der Waals surface area contributed by atoms with E-state index in [0.717, 1.165) is 41.6 Å². The third kappa shape index (κ3) is 7.62. The predicted molar refractivity (Wildman–Crippen MR) is 118 cm³/mol. The summed E-state index contributed by atoms with van der Waals surface area (Å²) in [6.45, 7) is 3.98. The summed E-state index contributed by atoms with van der Waals surface area (Å²) in [4.78, 5) is 4.61. The van der Waals surface area contributed by atoms with Crippen LogP contribution in [0.2, 0.25) is 0 Å². The van der Waals surface area contributed by atoms with Crippen molar-refractivity contribution in [2.24, 2.45) is 4.99 Å². The topological polar surface area (TPSA) is 54.9 Å². The van der Waals surface area contributed by atoms with Crippen molar-refractivity contribution in [3.8, 4) is 11.5 Å². The van der Waals surface area contributed by atoms with Crippen molar-refractivity contribution in [3.63, 3.8) is 0 Å². The summed E-state index contributed by atoms with van der Waals surface area (Å²) in [7, 11) is 3.26. The van der Waals surface area contributed by atoms with Gasteiger partial charge in [0.05, 0.1) is 20.8 Å². The Labute approximate surface area is 177 Å². The Bertz CT molecular complexity index is 724. The van der Waals surface area contributed by atoms with Crippen molar-refractivity contribution in [2.75, 3.05) is 27.3 Å². The number of rotatable bonds is 8. The van der Waals surface area contributed by atoms with Crippen LogP contribution in [0.15, 0.2) is 47.5 Å². The molecule has 2 N–H and O–H groups in total. The van der Waals surface area contributed by atoms with Gasteiger partial charge < -0.3 is 20.1 Å². The lowest BCUT2D eigenvalue weighted by Crippen LogP contribution is -2.38. The minimum Gasteiger partial charge on any atom is -0.497 e. The number of benzene rings is 2. The lowest BCUT2D eigenvalue weighted by atomic mass is 10.1. The molecular weight excluding hydrogens is 460 g/mol. The quantitative estimate of drug-likeness (QED) is 0.339. The van der Waals surface area contributed by atoms with Crippen LogP contribution in [0.5, 0.6) is 11.5 Å². The molecule has 0 radical (unpaired) electrons. The van der Waals surface area contributed by atoms with Gasteiger partial charge in [-0.25, -0.2) is 9.38 Å². The molecule has 0 aliphatic rings. The van der Waals surface area contributed by atoms with Crippen molar-refractivity contribution < 1.29 is 13.9 Å². The Kier molecular flexibility index (Phi) is 10.5. The van der Waals surface area contributed by atoms with Gasteiger partial charge in [0, 0.05) is 24.7 Å². The number of nitrogens with zero attached hydrogens (tertiary/aromatic N) is 1. The monoisotopic (exact) mass is 487 g/mol. The fraction of sp³-hybridized carbons (Fsp3) is 0.350. The summed E-state index contributed by atoms with van der Waals surface area (Å²) in [6, 6.07) is 12.2.